The lowest BCUT2D eigenvalue weighted by atomic mass is 10.1. The largest absolute Gasteiger partial charge is 0.310 e. The maximum absolute atomic E-state index is 3.46. The number of rotatable bonds is 7. The molecule has 1 saturated heterocycles. The van der Waals surface area contributed by atoms with Gasteiger partial charge in [0.2, 0.25) is 0 Å². The SMILES string of the molecule is CCCN1CCN(Cc2ccc(CNC(C)C)cc2)CC1. The van der Waals surface area contributed by atoms with Gasteiger partial charge < -0.3 is 10.2 Å². The van der Waals surface area contributed by atoms with E-state index >= 15 is 0 Å². The molecule has 0 radical (unpaired) electrons. The van der Waals surface area contributed by atoms with Crippen LogP contribution in [0.5, 0.6) is 0 Å². The first-order valence-electron chi connectivity index (χ1n) is 8.43. The molecule has 118 valence electrons. The number of nitrogens with one attached hydrogen (secondary N) is 1. The van der Waals surface area contributed by atoms with Gasteiger partial charge in [0.1, 0.15) is 0 Å². The van der Waals surface area contributed by atoms with Crippen molar-refractivity contribution < 1.29 is 0 Å². The summed E-state index contributed by atoms with van der Waals surface area (Å²) in [6.45, 7) is 14.8. The summed E-state index contributed by atoms with van der Waals surface area (Å²) < 4.78 is 0. The molecule has 0 aromatic heterocycles. The zero-order chi connectivity index (χ0) is 15.1. The molecule has 1 aromatic carbocycles. The quantitative estimate of drug-likeness (QED) is 0.832. The highest BCUT2D eigenvalue weighted by Crippen LogP contribution is 2.10. The molecule has 3 heteroatoms. The van der Waals surface area contributed by atoms with Gasteiger partial charge in [0.25, 0.3) is 0 Å². The van der Waals surface area contributed by atoms with Crippen LogP contribution < -0.4 is 5.32 Å². The molecule has 0 atom stereocenters. The van der Waals surface area contributed by atoms with Crippen molar-refractivity contribution >= 4 is 0 Å². The standard InChI is InChI=1S/C18H31N3/c1-4-9-20-10-12-21(13-11-20)15-18-7-5-17(6-8-18)14-19-16(2)3/h5-8,16,19H,4,9-15H2,1-3H3. The molecule has 0 saturated carbocycles. The average Bonchev–Trinajstić information content (AvgIpc) is 2.49. The van der Waals surface area contributed by atoms with Gasteiger partial charge in [-0.2, -0.15) is 0 Å². The summed E-state index contributed by atoms with van der Waals surface area (Å²) >= 11 is 0. The van der Waals surface area contributed by atoms with Crippen molar-refractivity contribution in [3.05, 3.63) is 35.4 Å². The Morgan fingerprint density at radius 3 is 2.10 bits per heavy atom. The molecule has 1 N–H and O–H groups in total. The van der Waals surface area contributed by atoms with E-state index in [0.717, 1.165) is 13.1 Å². The Morgan fingerprint density at radius 1 is 0.952 bits per heavy atom. The highest BCUT2D eigenvalue weighted by Gasteiger charge is 2.15. The molecule has 1 aliphatic rings. The van der Waals surface area contributed by atoms with E-state index in [1.807, 2.05) is 0 Å². The minimum atomic E-state index is 0.545. The zero-order valence-electron chi connectivity index (χ0n) is 13.9. The van der Waals surface area contributed by atoms with Gasteiger partial charge in [-0.25, -0.2) is 0 Å². The minimum Gasteiger partial charge on any atom is -0.310 e. The summed E-state index contributed by atoms with van der Waals surface area (Å²) in [6.07, 6.45) is 1.27. The topological polar surface area (TPSA) is 18.5 Å². The Hall–Kier alpha value is -0.900. The summed E-state index contributed by atoms with van der Waals surface area (Å²) in [5.41, 5.74) is 2.81. The van der Waals surface area contributed by atoms with Crippen molar-refractivity contribution in [2.45, 2.75) is 46.3 Å². The van der Waals surface area contributed by atoms with Crippen LogP contribution >= 0.6 is 0 Å². The Balaban J connectivity index is 1.76. The number of piperazine rings is 1. The normalized spacial score (nSPS) is 17.5. The fourth-order valence-electron chi connectivity index (χ4n) is 2.83. The lowest BCUT2D eigenvalue weighted by molar-refractivity contribution is 0.127. The lowest BCUT2D eigenvalue weighted by Crippen LogP contribution is -2.45. The highest BCUT2D eigenvalue weighted by atomic mass is 15.3. The Kier molecular flexibility index (Phi) is 6.68. The number of nitrogens with zero attached hydrogens (tertiary/aromatic N) is 2. The molecule has 0 spiro atoms. The molecule has 2 rings (SSSR count). The van der Waals surface area contributed by atoms with E-state index in [-0.39, 0.29) is 0 Å². The Morgan fingerprint density at radius 2 is 1.52 bits per heavy atom. The molecule has 0 bridgehead atoms. The third-order valence-electron chi connectivity index (χ3n) is 4.15. The molecule has 0 unspecified atom stereocenters. The molecule has 0 amide bonds. The Bertz CT molecular complexity index is 391. The smallest absolute Gasteiger partial charge is 0.0234 e. The minimum absolute atomic E-state index is 0.545. The van der Waals surface area contributed by atoms with Crippen LogP contribution in [-0.4, -0.2) is 48.6 Å². The van der Waals surface area contributed by atoms with Gasteiger partial charge in [-0.15, -0.1) is 0 Å². The third-order valence-corrected chi connectivity index (χ3v) is 4.15. The van der Waals surface area contributed by atoms with E-state index in [2.05, 4.69) is 60.2 Å². The first-order valence-corrected chi connectivity index (χ1v) is 8.43. The van der Waals surface area contributed by atoms with Crippen molar-refractivity contribution in [3.8, 4) is 0 Å². The second-order valence-electron chi connectivity index (χ2n) is 6.47. The molecule has 3 nitrogen and oxygen atoms in total. The number of hydrogen-bond donors (Lipinski definition) is 1. The summed E-state index contributed by atoms with van der Waals surface area (Å²) in [7, 11) is 0. The van der Waals surface area contributed by atoms with Gasteiger partial charge in [0, 0.05) is 45.3 Å². The molecular weight excluding hydrogens is 258 g/mol. The van der Waals surface area contributed by atoms with Gasteiger partial charge in [-0.1, -0.05) is 45.0 Å². The van der Waals surface area contributed by atoms with Crippen molar-refractivity contribution in [2.24, 2.45) is 0 Å². The summed E-state index contributed by atoms with van der Waals surface area (Å²) in [5.74, 6) is 0. The van der Waals surface area contributed by atoms with Crippen LogP contribution in [0, 0.1) is 0 Å². The fourth-order valence-corrected chi connectivity index (χ4v) is 2.83. The molecule has 1 heterocycles. The maximum Gasteiger partial charge on any atom is 0.0234 e. The van der Waals surface area contributed by atoms with E-state index in [1.54, 1.807) is 0 Å². The number of hydrogen-bond acceptors (Lipinski definition) is 3. The van der Waals surface area contributed by atoms with Crippen LogP contribution in [-0.2, 0) is 13.1 Å². The fraction of sp³-hybridized carbons (Fsp3) is 0.667. The second-order valence-corrected chi connectivity index (χ2v) is 6.47. The van der Waals surface area contributed by atoms with Crippen molar-refractivity contribution in [3.63, 3.8) is 0 Å². The predicted molar refractivity (Wildman–Crippen MR) is 90.4 cm³/mol. The molecule has 1 aliphatic heterocycles. The van der Waals surface area contributed by atoms with Crippen LogP contribution in [0.1, 0.15) is 38.3 Å². The maximum atomic E-state index is 3.46. The van der Waals surface area contributed by atoms with E-state index in [0.29, 0.717) is 6.04 Å². The summed E-state index contributed by atoms with van der Waals surface area (Å²) in [5, 5.41) is 3.46. The van der Waals surface area contributed by atoms with E-state index in [4.69, 9.17) is 0 Å². The predicted octanol–water partition coefficient (Wildman–Crippen LogP) is 2.71. The van der Waals surface area contributed by atoms with Gasteiger partial charge in [0.05, 0.1) is 0 Å². The molecule has 1 aromatic rings. The molecule has 21 heavy (non-hydrogen) atoms. The zero-order valence-corrected chi connectivity index (χ0v) is 13.9. The first-order chi connectivity index (χ1) is 10.2. The number of benzene rings is 1. The third kappa shape index (κ3) is 5.77. The van der Waals surface area contributed by atoms with Gasteiger partial charge in [-0.3, -0.25) is 4.90 Å². The first kappa shape index (κ1) is 16.5. The molecule has 0 aliphatic carbocycles. The monoisotopic (exact) mass is 289 g/mol. The summed E-state index contributed by atoms with van der Waals surface area (Å²) in [6, 6.07) is 9.64. The second kappa shape index (κ2) is 8.52. The van der Waals surface area contributed by atoms with E-state index in [9.17, 15) is 0 Å². The van der Waals surface area contributed by atoms with Crippen LogP contribution in [0.4, 0.5) is 0 Å². The summed E-state index contributed by atoms with van der Waals surface area (Å²) in [4.78, 5) is 5.16. The average molecular weight is 289 g/mol. The highest BCUT2D eigenvalue weighted by molar-refractivity contribution is 5.22. The van der Waals surface area contributed by atoms with Crippen LogP contribution in [0.2, 0.25) is 0 Å². The van der Waals surface area contributed by atoms with Gasteiger partial charge in [0.15, 0.2) is 0 Å². The van der Waals surface area contributed by atoms with Crippen LogP contribution in [0.25, 0.3) is 0 Å². The van der Waals surface area contributed by atoms with E-state index in [1.165, 1.54) is 50.3 Å². The molecule has 1 fully saturated rings. The van der Waals surface area contributed by atoms with Crippen molar-refractivity contribution in [1.82, 2.24) is 15.1 Å². The van der Waals surface area contributed by atoms with E-state index < -0.39 is 0 Å². The van der Waals surface area contributed by atoms with Gasteiger partial charge >= 0.3 is 0 Å². The van der Waals surface area contributed by atoms with Gasteiger partial charge in [-0.05, 0) is 24.1 Å². The van der Waals surface area contributed by atoms with Crippen LogP contribution in [0.3, 0.4) is 0 Å². The van der Waals surface area contributed by atoms with Crippen molar-refractivity contribution in [1.29, 1.82) is 0 Å². The van der Waals surface area contributed by atoms with Crippen LogP contribution in [0.15, 0.2) is 24.3 Å². The Labute approximate surface area is 130 Å². The lowest BCUT2D eigenvalue weighted by Gasteiger charge is -2.34. The molecular formula is C18H31N3. The van der Waals surface area contributed by atoms with Crippen molar-refractivity contribution in [2.75, 3.05) is 32.7 Å².